The van der Waals surface area contributed by atoms with Gasteiger partial charge in [0.2, 0.25) is 0 Å². The predicted molar refractivity (Wildman–Crippen MR) is 103 cm³/mol. The molecule has 0 spiro atoms. The van der Waals surface area contributed by atoms with Crippen LogP contribution in [0, 0.1) is 0 Å². The van der Waals surface area contributed by atoms with Crippen molar-refractivity contribution >= 4 is 17.4 Å². The van der Waals surface area contributed by atoms with Crippen LogP contribution in [-0.4, -0.2) is 17.7 Å². The predicted octanol–water partition coefficient (Wildman–Crippen LogP) is 3.16. The van der Waals surface area contributed by atoms with Gasteiger partial charge in [0.15, 0.2) is 23.6 Å². The van der Waals surface area contributed by atoms with Crippen molar-refractivity contribution < 1.29 is 19.3 Å². The minimum atomic E-state index is -0.360. The number of rotatable bonds is 7. The lowest BCUT2D eigenvalue weighted by atomic mass is 10.0. The Balaban J connectivity index is 1.74. The van der Waals surface area contributed by atoms with Gasteiger partial charge in [0.1, 0.15) is 0 Å². The molecular weight excluding hydrogens is 340 g/mol. The molecule has 0 radical (unpaired) electrons. The van der Waals surface area contributed by atoms with Gasteiger partial charge in [0.05, 0.1) is 6.26 Å². The monoisotopic (exact) mass is 363 g/mol. The second kappa shape index (κ2) is 8.47. The zero-order chi connectivity index (χ0) is 19.2. The molecule has 138 valence electrons. The molecule has 0 saturated carbocycles. The van der Waals surface area contributed by atoms with Crippen LogP contribution in [0.1, 0.15) is 41.6 Å². The highest BCUT2D eigenvalue weighted by atomic mass is 16.3. The number of hydrogen-bond donors (Lipinski definition) is 2. The molecule has 3 rings (SSSR count). The third kappa shape index (κ3) is 4.71. The number of nitrogens with one attached hydrogen (secondary N) is 1. The molecule has 1 heterocycles. The number of nitrogens with two attached hydrogens (primary N) is 1. The van der Waals surface area contributed by atoms with Crippen molar-refractivity contribution in [2.75, 3.05) is 5.32 Å². The highest BCUT2D eigenvalue weighted by molar-refractivity contribution is 5.97. The molecule has 1 aromatic heterocycles. The molecule has 3 aromatic rings. The molecule has 2 aromatic carbocycles. The van der Waals surface area contributed by atoms with Crippen LogP contribution in [0.4, 0.5) is 5.69 Å². The number of carbonyl (C=O) groups is 2. The fourth-order valence-corrected chi connectivity index (χ4v) is 2.95. The molecule has 0 fully saturated rings. The molecule has 0 aliphatic carbocycles. The van der Waals surface area contributed by atoms with E-state index in [4.69, 9.17) is 4.42 Å². The first kappa shape index (κ1) is 18.6. The van der Waals surface area contributed by atoms with Crippen molar-refractivity contribution in [1.29, 1.82) is 0 Å². The lowest BCUT2D eigenvalue weighted by Crippen LogP contribution is -2.92. The van der Waals surface area contributed by atoms with Crippen LogP contribution < -0.4 is 10.6 Å². The number of carbonyl (C=O) groups excluding carboxylic acids is 2. The molecule has 0 aliphatic rings. The van der Waals surface area contributed by atoms with Crippen molar-refractivity contribution in [3.63, 3.8) is 0 Å². The fourth-order valence-electron chi connectivity index (χ4n) is 2.95. The van der Waals surface area contributed by atoms with E-state index in [1.807, 2.05) is 54.7 Å². The Bertz CT molecular complexity index is 904. The number of anilines is 1. The van der Waals surface area contributed by atoms with E-state index in [-0.39, 0.29) is 23.8 Å². The van der Waals surface area contributed by atoms with Gasteiger partial charge in [-0.15, -0.1) is 0 Å². The molecule has 27 heavy (non-hydrogen) atoms. The summed E-state index contributed by atoms with van der Waals surface area (Å²) in [6, 6.07) is 20.2. The average molecular weight is 363 g/mol. The van der Waals surface area contributed by atoms with Crippen LogP contribution in [0.5, 0.6) is 0 Å². The summed E-state index contributed by atoms with van der Waals surface area (Å²) in [5.74, 6) is 0.621. The molecule has 0 bridgehead atoms. The number of Topliss-reactive ketones (excluding diaryl/α,β-unsaturated/α-hetero) is 1. The van der Waals surface area contributed by atoms with E-state index in [0.717, 1.165) is 11.3 Å². The number of benzene rings is 2. The van der Waals surface area contributed by atoms with Crippen LogP contribution in [0.15, 0.2) is 77.4 Å². The molecule has 0 unspecified atom stereocenters. The number of furan rings is 1. The normalized spacial score (nSPS) is 13.0. The van der Waals surface area contributed by atoms with E-state index >= 15 is 0 Å². The molecule has 0 aliphatic heterocycles. The Morgan fingerprint density at radius 2 is 1.78 bits per heavy atom. The lowest BCUT2D eigenvalue weighted by molar-refractivity contribution is -0.706. The Morgan fingerprint density at radius 1 is 1.00 bits per heavy atom. The van der Waals surface area contributed by atoms with Crippen molar-refractivity contribution in [2.24, 2.45) is 0 Å². The maximum Gasteiger partial charge on any atom is 0.282 e. The molecular formula is C22H23N2O3+. The van der Waals surface area contributed by atoms with Crippen LogP contribution in [-0.2, 0) is 4.79 Å². The molecule has 3 N–H and O–H groups in total. The third-order valence-corrected chi connectivity index (χ3v) is 4.44. The SMILES string of the molecule is CC(=O)c1cccc(NC(=O)[C@@H](C)[NH2+][C@H](c2ccccc2)c2ccco2)c1. The summed E-state index contributed by atoms with van der Waals surface area (Å²) in [5, 5.41) is 4.86. The lowest BCUT2D eigenvalue weighted by Gasteiger charge is -2.19. The Morgan fingerprint density at radius 3 is 2.44 bits per heavy atom. The van der Waals surface area contributed by atoms with E-state index in [0.29, 0.717) is 11.3 Å². The summed E-state index contributed by atoms with van der Waals surface area (Å²) < 4.78 is 5.59. The minimum Gasteiger partial charge on any atom is -0.463 e. The van der Waals surface area contributed by atoms with Gasteiger partial charge in [0.25, 0.3) is 5.91 Å². The van der Waals surface area contributed by atoms with Gasteiger partial charge in [-0.2, -0.15) is 0 Å². The summed E-state index contributed by atoms with van der Waals surface area (Å²) in [6.07, 6.45) is 1.64. The summed E-state index contributed by atoms with van der Waals surface area (Å²) in [7, 11) is 0. The first-order valence-corrected chi connectivity index (χ1v) is 8.90. The molecule has 1 amide bonds. The van der Waals surface area contributed by atoms with E-state index in [1.165, 1.54) is 6.92 Å². The number of hydrogen-bond acceptors (Lipinski definition) is 3. The van der Waals surface area contributed by atoms with E-state index in [9.17, 15) is 9.59 Å². The van der Waals surface area contributed by atoms with E-state index < -0.39 is 0 Å². The Kier molecular flexibility index (Phi) is 5.84. The quantitative estimate of drug-likeness (QED) is 0.633. The van der Waals surface area contributed by atoms with Crippen LogP contribution >= 0.6 is 0 Å². The molecule has 5 heteroatoms. The smallest absolute Gasteiger partial charge is 0.282 e. The topological polar surface area (TPSA) is 75.9 Å². The first-order valence-electron chi connectivity index (χ1n) is 8.90. The summed E-state index contributed by atoms with van der Waals surface area (Å²) in [5.41, 5.74) is 2.25. The summed E-state index contributed by atoms with van der Waals surface area (Å²) in [4.78, 5) is 24.2. The Labute approximate surface area is 158 Å². The van der Waals surface area contributed by atoms with E-state index in [1.54, 1.807) is 30.5 Å². The second-order valence-corrected chi connectivity index (χ2v) is 6.51. The van der Waals surface area contributed by atoms with Gasteiger partial charge in [-0.3, -0.25) is 9.59 Å². The highest BCUT2D eigenvalue weighted by Crippen LogP contribution is 2.19. The van der Waals surface area contributed by atoms with Gasteiger partial charge in [-0.1, -0.05) is 42.5 Å². The minimum absolute atomic E-state index is 0.0346. The van der Waals surface area contributed by atoms with Crippen molar-refractivity contribution in [1.82, 2.24) is 0 Å². The van der Waals surface area contributed by atoms with Crippen molar-refractivity contribution in [3.8, 4) is 0 Å². The van der Waals surface area contributed by atoms with Gasteiger partial charge in [-0.05, 0) is 38.1 Å². The van der Waals surface area contributed by atoms with Gasteiger partial charge < -0.3 is 15.1 Å². The van der Waals surface area contributed by atoms with Gasteiger partial charge in [-0.25, -0.2) is 0 Å². The maximum absolute atomic E-state index is 12.7. The number of ketones is 1. The summed E-state index contributed by atoms with van der Waals surface area (Å²) >= 11 is 0. The van der Waals surface area contributed by atoms with Crippen molar-refractivity contribution in [3.05, 3.63) is 89.9 Å². The second-order valence-electron chi connectivity index (χ2n) is 6.51. The van der Waals surface area contributed by atoms with Crippen molar-refractivity contribution in [2.45, 2.75) is 25.9 Å². The first-order chi connectivity index (χ1) is 13.0. The maximum atomic E-state index is 12.7. The summed E-state index contributed by atoms with van der Waals surface area (Å²) in [6.45, 7) is 3.36. The van der Waals surface area contributed by atoms with Crippen LogP contribution in [0.25, 0.3) is 0 Å². The van der Waals surface area contributed by atoms with E-state index in [2.05, 4.69) is 5.32 Å². The largest absolute Gasteiger partial charge is 0.463 e. The number of quaternary nitrogens is 1. The van der Waals surface area contributed by atoms with Crippen LogP contribution in [0.2, 0.25) is 0 Å². The Hall–Kier alpha value is -3.18. The van der Waals surface area contributed by atoms with Gasteiger partial charge in [0, 0.05) is 16.8 Å². The molecule has 2 atom stereocenters. The average Bonchev–Trinajstić information content (AvgIpc) is 3.21. The standard InChI is InChI=1S/C22H22N2O3/c1-15(22(26)24-19-11-6-10-18(14-19)16(2)25)23-21(20-12-7-13-27-20)17-8-4-3-5-9-17/h3-15,21,23H,1-2H3,(H,24,26)/p+1/t15-,21-/m1/s1. The highest BCUT2D eigenvalue weighted by Gasteiger charge is 2.26. The third-order valence-electron chi connectivity index (χ3n) is 4.44. The van der Waals surface area contributed by atoms with Crippen LogP contribution in [0.3, 0.4) is 0 Å². The number of amides is 1. The zero-order valence-corrected chi connectivity index (χ0v) is 15.4. The molecule has 0 saturated heterocycles. The zero-order valence-electron chi connectivity index (χ0n) is 15.4. The molecule has 5 nitrogen and oxygen atoms in total. The van der Waals surface area contributed by atoms with Gasteiger partial charge >= 0.3 is 0 Å². The fraction of sp³-hybridized carbons (Fsp3) is 0.182.